The lowest BCUT2D eigenvalue weighted by Gasteiger charge is -2.24. The maximum atomic E-state index is 12.5. The van der Waals surface area contributed by atoms with Crippen LogP contribution in [0.4, 0.5) is 5.69 Å². The summed E-state index contributed by atoms with van der Waals surface area (Å²) in [7, 11) is 0. The molecule has 138 valence electrons. The van der Waals surface area contributed by atoms with Crippen molar-refractivity contribution in [3.63, 3.8) is 0 Å². The summed E-state index contributed by atoms with van der Waals surface area (Å²) >= 11 is 3.33. The SMILES string of the molecule is O=C(Nc1ccc([C@H]2CNCCO2)cc1)c1cnn(-c2ccnc(Br)c2)c1. The van der Waals surface area contributed by atoms with Crippen molar-refractivity contribution in [2.24, 2.45) is 0 Å². The van der Waals surface area contributed by atoms with Crippen molar-refractivity contribution in [2.75, 3.05) is 25.0 Å². The third kappa shape index (κ3) is 4.24. The van der Waals surface area contributed by atoms with Crippen LogP contribution in [0.25, 0.3) is 5.69 Å². The van der Waals surface area contributed by atoms with Crippen LogP contribution in [0.3, 0.4) is 0 Å². The van der Waals surface area contributed by atoms with E-state index in [2.05, 4.69) is 36.6 Å². The van der Waals surface area contributed by atoms with Crippen molar-refractivity contribution < 1.29 is 9.53 Å². The number of pyridine rings is 1. The number of aromatic nitrogens is 3. The summed E-state index contributed by atoms with van der Waals surface area (Å²) in [6.45, 7) is 2.39. The van der Waals surface area contributed by atoms with E-state index in [1.54, 1.807) is 23.3 Å². The van der Waals surface area contributed by atoms with Crippen molar-refractivity contribution in [2.45, 2.75) is 6.10 Å². The molecule has 7 nitrogen and oxygen atoms in total. The fraction of sp³-hybridized carbons (Fsp3) is 0.211. The highest BCUT2D eigenvalue weighted by Gasteiger charge is 2.16. The van der Waals surface area contributed by atoms with Crippen LogP contribution < -0.4 is 10.6 Å². The third-order valence-corrected chi connectivity index (χ3v) is 4.72. The molecule has 1 aromatic carbocycles. The molecule has 1 fully saturated rings. The number of amides is 1. The Morgan fingerprint density at radius 3 is 2.89 bits per heavy atom. The first-order valence-corrected chi connectivity index (χ1v) is 9.38. The van der Waals surface area contributed by atoms with Crippen molar-refractivity contribution in [3.8, 4) is 5.69 Å². The van der Waals surface area contributed by atoms with E-state index < -0.39 is 0 Å². The van der Waals surface area contributed by atoms with Crippen LogP contribution >= 0.6 is 15.9 Å². The van der Waals surface area contributed by atoms with Crippen molar-refractivity contribution in [1.29, 1.82) is 0 Å². The van der Waals surface area contributed by atoms with Gasteiger partial charge in [0.25, 0.3) is 5.91 Å². The first-order chi connectivity index (χ1) is 13.2. The molecule has 1 amide bonds. The van der Waals surface area contributed by atoms with Gasteiger partial charge in [0.2, 0.25) is 0 Å². The summed E-state index contributed by atoms with van der Waals surface area (Å²) in [6, 6.07) is 11.4. The highest BCUT2D eigenvalue weighted by molar-refractivity contribution is 9.10. The van der Waals surface area contributed by atoms with Crippen molar-refractivity contribution >= 4 is 27.5 Å². The number of anilines is 1. The number of morpholine rings is 1. The van der Waals surface area contributed by atoms with E-state index in [0.717, 1.165) is 30.0 Å². The van der Waals surface area contributed by atoms with Crippen LogP contribution in [0, 0.1) is 0 Å². The van der Waals surface area contributed by atoms with Gasteiger partial charge < -0.3 is 15.4 Å². The van der Waals surface area contributed by atoms with Gasteiger partial charge in [-0.25, -0.2) is 9.67 Å². The van der Waals surface area contributed by atoms with E-state index >= 15 is 0 Å². The number of hydrogen-bond donors (Lipinski definition) is 2. The summed E-state index contributed by atoms with van der Waals surface area (Å²) in [4.78, 5) is 16.6. The minimum atomic E-state index is -0.210. The van der Waals surface area contributed by atoms with E-state index in [1.807, 2.05) is 36.4 Å². The lowest BCUT2D eigenvalue weighted by atomic mass is 10.1. The van der Waals surface area contributed by atoms with E-state index in [1.165, 1.54) is 0 Å². The molecule has 1 saturated heterocycles. The Bertz CT molecular complexity index is 935. The Hall–Kier alpha value is -2.55. The second-order valence-corrected chi connectivity index (χ2v) is 6.96. The molecule has 4 rings (SSSR count). The van der Waals surface area contributed by atoms with Crippen LogP contribution in [0.1, 0.15) is 22.0 Å². The lowest BCUT2D eigenvalue weighted by molar-refractivity contribution is 0.0277. The maximum Gasteiger partial charge on any atom is 0.258 e. The second-order valence-electron chi connectivity index (χ2n) is 6.15. The Morgan fingerprint density at radius 2 is 2.15 bits per heavy atom. The molecule has 3 heterocycles. The quantitative estimate of drug-likeness (QED) is 0.625. The highest BCUT2D eigenvalue weighted by atomic mass is 79.9. The number of carbonyl (C=O) groups excluding carboxylic acids is 1. The van der Waals surface area contributed by atoms with E-state index in [-0.39, 0.29) is 12.0 Å². The van der Waals surface area contributed by atoms with Gasteiger partial charge in [0.1, 0.15) is 4.60 Å². The molecule has 1 aliphatic rings. The molecule has 0 bridgehead atoms. The zero-order chi connectivity index (χ0) is 18.6. The Labute approximate surface area is 164 Å². The molecule has 1 atom stereocenters. The van der Waals surface area contributed by atoms with Crippen LogP contribution in [0.5, 0.6) is 0 Å². The van der Waals surface area contributed by atoms with Crippen LogP contribution in [0.2, 0.25) is 0 Å². The maximum absolute atomic E-state index is 12.5. The number of carbonyl (C=O) groups is 1. The Kier molecular flexibility index (Phi) is 5.28. The third-order valence-electron chi connectivity index (χ3n) is 4.29. The van der Waals surface area contributed by atoms with Gasteiger partial charge in [-0.05, 0) is 45.8 Å². The monoisotopic (exact) mass is 427 g/mol. The summed E-state index contributed by atoms with van der Waals surface area (Å²) in [5, 5.41) is 10.5. The Balaban J connectivity index is 1.43. The molecule has 8 heteroatoms. The minimum absolute atomic E-state index is 0.0569. The van der Waals surface area contributed by atoms with Crippen LogP contribution in [0.15, 0.2) is 59.6 Å². The summed E-state index contributed by atoms with van der Waals surface area (Å²) in [5.74, 6) is -0.210. The van der Waals surface area contributed by atoms with Gasteiger partial charge in [-0.2, -0.15) is 5.10 Å². The van der Waals surface area contributed by atoms with Gasteiger partial charge >= 0.3 is 0 Å². The van der Waals surface area contributed by atoms with Crippen molar-refractivity contribution in [3.05, 3.63) is 70.7 Å². The molecule has 0 unspecified atom stereocenters. The van der Waals surface area contributed by atoms with Crippen molar-refractivity contribution in [1.82, 2.24) is 20.1 Å². The van der Waals surface area contributed by atoms with Gasteiger partial charge in [-0.15, -0.1) is 0 Å². The zero-order valence-corrected chi connectivity index (χ0v) is 16.0. The smallest absolute Gasteiger partial charge is 0.258 e. The van der Waals surface area contributed by atoms with Gasteiger partial charge in [0.05, 0.1) is 30.2 Å². The normalized spacial score (nSPS) is 16.9. The van der Waals surface area contributed by atoms with E-state index in [0.29, 0.717) is 16.8 Å². The van der Waals surface area contributed by atoms with Gasteiger partial charge in [0.15, 0.2) is 0 Å². The van der Waals surface area contributed by atoms with Gasteiger partial charge in [0, 0.05) is 31.2 Å². The number of hydrogen-bond acceptors (Lipinski definition) is 5. The number of ether oxygens (including phenoxy) is 1. The molecule has 1 aliphatic heterocycles. The molecule has 0 aliphatic carbocycles. The highest BCUT2D eigenvalue weighted by Crippen LogP contribution is 2.21. The molecule has 2 aromatic heterocycles. The fourth-order valence-electron chi connectivity index (χ4n) is 2.88. The number of benzene rings is 1. The van der Waals surface area contributed by atoms with E-state index in [4.69, 9.17) is 4.74 Å². The minimum Gasteiger partial charge on any atom is -0.371 e. The Morgan fingerprint density at radius 1 is 1.30 bits per heavy atom. The summed E-state index contributed by atoms with van der Waals surface area (Å²) in [5.41, 5.74) is 3.12. The van der Waals surface area contributed by atoms with Gasteiger partial charge in [-0.3, -0.25) is 4.79 Å². The van der Waals surface area contributed by atoms with Crippen LogP contribution in [-0.4, -0.2) is 40.4 Å². The first kappa shape index (κ1) is 17.8. The van der Waals surface area contributed by atoms with Crippen LogP contribution in [-0.2, 0) is 4.74 Å². The van der Waals surface area contributed by atoms with Gasteiger partial charge in [-0.1, -0.05) is 12.1 Å². The average molecular weight is 428 g/mol. The predicted octanol–water partition coefficient (Wildman–Crippen LogP) is 2.94. The number of nitrogens with zero attached hydrogens (tertiary/aromatic N) is 3. The average Bonchev–Trinajstić information content (AvgIpc) is 3.20. The summed E-state index contributed by atoms with van der Waals surface area (Å²) < 4.78 is 8.08. The number of rotatable bonds is 4. The molecule has 27 heavy (non-hydrogen) atoms. The molecule has 0 radical (unpaired) electrons. The standard InChI is InChI=1S/C19H18BrN5O2/c20-18-9-16(5-6-22-18)25-12-14(10-23-25)19(26)24-15-3-1-13(2-4-15)17-11-21-7-8-27-17/h1-6,9-10,12,17,21H,7-8,11H2,(H,24,26)/t17-/m1/s1. The lowest BCUT2D eigenvalue weighted by Crippen LogP contribution is -2.33. The molecule has 0 saturated carbocycles. The second kappa shape index (κ2) is 7.99. The van der Waals surface area contributed by atoms with E-state index in [9.17, 15) is 4.79 Å². The molecule has 0 spiro atoms. The predicted molar refractivity (Wildman–Crippen MR) is 105 cm³/mol. The molecule has 3 aromatic rings. The summed E-state index contributed by atoms with van der Waals surface area (Å²) in [6.07, 6.45) is 4.96. The fourth-order valence-corrected chi connectivity index (χ4v) is 3.23. The first-order valence-electron chi connectivity index (χ1n) is 8.59. The molecule has 2 N–H and O–H groups in total. The topological polar surface area (TPSA) is 81.1 Å². The largest absolute Gasteiger partial charge is 0.371 e. The molecular weight excluding hydrogens is 410 g/mol. The number of nitrogens with one attached hydrogen (secondary N) is 2. The zero-order valence-electron chi connectivity index (χ0n) is 14.4. The molecular formula is C19H18BrN5O2. The number of halogens is 1.